The molecule has 0 radical (unpaired) electrons. The Morgan fingerprint density at radius 1 is 0.794 bits per heavy atom. The van der Waals surface area contributed by atoms with Crippen molar-refractivity contribution in [3.8, 4) is 0 Å². The van der Waals surface area contributed by atoms with Crippen molar-refractivity contribution in [2.45, 2.75) is 88.6 Å². The highest BCUT2D eigenvalue weighted by Gasteiger charge is 2.24. The minimum absolute atomic E-state index is 0.925. The van der Waals surface area contributed by atoms with Crippen LogP contribution in [0.2, 0.25) is 0 Å². The number of benzene rings is 2. The second-order valence-electron chi connectivity index (χ2n) is 7.63. The maximum Gasteiger partial charge on any atom is 0.0479 e. The average molecular weight is 461 g/mol. The van der Waals surface area contributed by atoms with Crippen LogP contribution in [0.15, 0.2) is 77.2 Å². The maximum atomic E-state index is 3.83. The molecular weight excluding hydrogens is 412 g/mol. The Labute approximate surface area is 210 Å². The zero-order valence-corrected chi connectivity index (χ0v) is 23.5. The summed E-state index contributed by atoms with van der Waals surface area (Å²) >= 11 is 0. The zero-order valence-electron chi connectivity index (χ0n) is 23.5. The summed E-state index contributed by atoms with van der Waals surface area (Å²) in [7, 11) is 0. The van der Waals surface area contributed by atoms with E-state index in [1.54, 1.807) is 6.20 Å². The molecule has 34 heavy (non-hydrogen) atoms. The maximum absolute atomic E-state index is 3.83. The van der Waals surface area contributed by atoms with Gasteiger partial charge in [0.15, 0.2) is 0 Å². The number of fused-ring (bicyclic) bond motifs is 2. The minimum Gasteiger partial charge on any atom is -0.345 e. The van der Waals surface area contributed by atoms with Gasteiger partial charge in [-0.2, -0.15) is 0 Å². The van der Waals surface area contributed by atoms with Crippen LogP contribution < -0.4 is 0 Å². The summed E-state index contributed by atoms with van der Waals surface area (Å²) in [5, 5.41) is 0. The van der Waals surface area contributed by atoms with E-state index >= 15 is 0 Å². The van der Waals surface area contributed by atoms with Crippen molar-refractivity contribution in [1.82, 2.24) is 4.90 Å². The van der Waals surface area contributed by atoms with Crippen molar-refractivity contribution >= 4 is 12.3 Å². The summed E-state index contributed by atoms with van der Waals surface area (Å²) in [6.45, 7) is 25.1. The molecule has 1 aliphatic carbocycles. The molecule has 2 heteroatoms. The van der Waals surface area contributed by atoms with Crippen LogP contribution in [-0.4, -0.2) is 11.6 Å². The molecule has 0 aromatic heterocycles. The fraction of sp³-hybridized carbons (Fsp3) is 0.406. The van der Waals surface area contributed by atoms with E-state index in [4.69, 9.17) is 0 Å². The van der Waals surface area contributed by atoms with E-state index in [0.29, 0.717) is 0 Å². The van der Waals surface area contributed by atoms with Gasteiger partial charge in [-0.3, -0.25) is 4.99 Å². The molecule has 0 bridgehead atoms. The van der Waals surface area contributed by atoms with Gasteiger partial charge in [0, 0.05) is 30.2 Å². The Morgan fingerprint density at radius 2 is 1.38 bits per heavy atom. The molecule has 0 fully saturated rings. The van der Waals surface area contributed by atoms with Gasteiger partial charge in [0.05, 0.1) is 0 Å². The summed E-state index contributed by atoms with van der Waals surface area (Å²) in [4.78, 5) is 6.13. The Balaban J connectivity index is 0.000000612. The van der Waals surface area contributed by atoms with E-state index in [9.17, 15) is 0 Å². The van der Waals surface area contributed by atoms with E-state index < -0.39 is 0 Å². The van der Waals surface area contributed by atoms with Gasteiger partial charge in [0.1, 0.15) is 0 Å². The van der Waals surface area contributed by atoms with E-state index in [-0.39, 0.29) is 0 Å². The van der Waals surface area contributed by atoms with Gasteiger partial charge >= 0.3 is 0 Å². The fourth-order valence-electron chi connectivity index (χ4n) is 3.75. The largest absolute Gasteiger partial charge is 0.345 e. The van der Waals surface area contributed by atoms with Crippen LogP contribution in [0.5, 0.6) is 0 Å². The topological polar surface area (TPSA) is 15.6 Å². The van der Waals surface area contributed by atoms with Crippen molar-refractivity contribution in [3.63, 3.8) is 0 Å². The Hall–Kier alpha value is -2.87. The highest BCUT2D eigenvalue weighted by Crippen LogP contribution is 2.39. The van der Waals surface area contributed by atoms with Crippen molar-refractivity contribution in [3.05, 3.63) is 100 Å². The fourth-order valence-corrected chi connectivity index (χ4v) is 3.75. The summed E-state index contributed by atoms with van der Waals surface area (Å²) in [6.07, 6.45) is 8.38. The van der Waals surface area contributed by atoms with Crippen LogP contribution in [0.3, 0.4) is 0 Å². The Kier molecular flexibility index (Phi) is 16.1. The Bertz CT molecular complexity index is 940. The second-order valence-corrected chi connectivity index (χ2v) is 7.63. The monoisotopic (exact) mass is 460 g/mol. The number of hydrogen-bond acceptors (Lipinski definition) is 2. The molecule has 1 aliphatic heterocycles. The first kappa shape index (κ1) is 31.1. The van der Waals surface area contributed by atoms with Crippen LogP contribution >= 0.6 is 0 Å². The predicted octanol–water partition coefficient (Wildman–Crippen LogP) is 9.82. The van der Waals surface area contributed by atoms with Crippen molar-refractivity contribution in [2.75, 3.05) is 0 Å². The molecule has 1 heterocycles. The third kappa shape index (κ3) is 8.82. The molecule has 2 aliphatic rings. The lowest BCUT2D eigenvalue weighted by atomic mass is 9.86. The van der Waals surface area contributed by atoms with Crippen LogP contribution in [0.25, 0.3) is 5.57 Å². The molecule has 0 amide bonds. The van der Waals surface area contributed by atoms with E-state index in [1.807, 2.05) is 47.7 Å². The Morgan fingerprint density at radius 3 is 1.94 bits per heavy atom. The highest BCUT2D eigenvalue weighted by molar-refractivity contribution is 5.81. The first-order valence-electron chi connectivity index (χ1n) is 12.9. The number of aryl methyl sites for hydroxylation is 2. The number of allylic oxidation sites excluding steroid dienone is 4. The van der Waals surface area contributed by atoms with E-state index in [1.165, 1.54) is 44.7 Å². The van der Waals surface area contributed by atoms with Crippen LogP contribution in [0.1, 0.15) is 89.1 Å². The van der Waals surface area contributed by atoms with Crippen molar-refractivity contribution < 1.29 is 0 Å². The molecule has 0 saturated heterocycles. The van der Waals surface area contributed by atoms with Crippen LogP contribution in [0, 0.1) is 20.8 Å². The quantitative estimate of drug-likeness (QED) is 0.407. The minimum atomic E-state index is 0.925. The molecule has 2 aromatic rings. The lowest BCUT2D eigenvalue weighted by Crippen LogP contribution is -2.24. The summed E-state index contributed by atoms with van der Waals surface area (Å²) < 4.78 is 0. The molecule has 0 spiro atoms. The molecule has 0 unspecified atom stereocenters. The van der Waals surface area contributed by atoms with Gasteiger partial charge in [0.25, 0.3) is 0 Å². The van der Waals surface area contributed by atoms with Crippen LogP contribution in [0.4, 0.5) is 0 Å². The molecule has 0 atom stereocenters. The lowest BCUT2D eigenvalue weighted by molar-refractivity contribution is 0.431. The molecular formula is C32H48N2. The molecule has 2 nitrogen and oxygen atoms in total. The van der Waals surface area contributed by atoms with Crippen LogP contribution in [-0.2, 0) is 6.54 Å². The number of aliphatic imine (C=N–C) groups is 1. The normalized spacial score (nSPS) is 13.2. The third-order valence-electron chi connectivity index (χ3n) is 5.68. The lowest BCUT2D eigenvalue weighted by Gasteiger charge is -2.34. The zero-order chi connectivity index (χ0) is 26.1. The second kappa shape index (κ2) is 17.6. The molecule has 186 valence electrons. The molecule has 0 N–H and O–H groups in total. The summed E-state index contributed by atoms with van der Waals surface area (Å²) in [6, 6.07) is 15.0. The van der Waals surface area contributed by atoms with Gasteiger partial charge in [-0.15, -0.1) is 0 Å². The molecule has 2 aromatic carbocycles. The molecule has 0 saturated carbocycles. The standard InChI is InChI=1S/C17H18N2.C9H12.3C2H6/c1-13-7-8-17-16(11-13)15-6-4-3-5-14(15)12-19(17)10-9-18-2;1-7-5-4-6-8(2)9(7)3;3*1-2/h3-6,9-11H,2,7-8,12H2,1H3;4-6H,1-3H3;3*1-2H3/b10-9-;;;;. The third-order valence-corrected chi connectivity index (χ3v) is 5.68. The molecule has 4 rings (SSSR count). The van der Waals surface area contributed by atoms with Gasteiger partial charge in [-0.05, 0) is 75.1 Å². The smallest absolute Gasteiger partial charge is 0.0479 e. The summed E-state index contributed by atoms with van der Waals surface area (Å²) in [5.74, 6) is 0. The number of hydrogen-bond donors (Lipinski definition) is 0. The van der Waals surface area contributed by atoms with Gasteiger partial charge in [-0.1, -0.05) is 95.7 Å². The highest BCUT2D eigenvalue weighted by atomic mass is 15.1. The van der Waals surface area contributed by atoms with E-state index in [0.717, 1.165) is 19.4 Å². The first-order chi connectivity index (χ1) is 16.5. The van der Waals surface area contributed by atoms with E-state index in [2.05, 4.69) is 92.8 Å². The first-order valence-corrected chi connectivity index (χ1v) is 12.9. The van der Waals surface area contributed by atoms with Crippen molar-refractivity contribution in [2.24, 2.45) is 4.99 Å². The van der Waals surface area contributed by atoms with Gasteiger partial charge < -0.3 is 4.90 Å². The average Bonchev–Trinajstić information content (AvgIpc) is 2.89. The number of nitrogens with zero attached hydrogens (tertiary/aromatic N) is 2. The van der Waals surface area contributed by atoms with Gasteiger partial charge in [0.2, 0.25) is 0 Å². The SMILES string of the molecule is C=N/C=C\N1Cc2ccccc2C2=C1CCC(C)=C2.CC.CC.CC.Cc1cccc(C)c1C. The van der Waals surface area contributed by atoms with Crippen molar-refractivity contribution in [1.29, 1.82) is 0 Å². The summed E-state index contributed by atoms with van der Waals surface area (Å²) in [5.41, 5.74) is 11.2. The van der Waals surface area contributed by atoms with Gasteiger partial charge in [-0.25, -0.2) is 0 Å². The predicted molar refractivity (Wildman–Crippen MR) is 155 cm³/mol. The number of rotatable bonds is 2.